The topological polar surface area (TPSA) is 35.5 Å². The van der Waals surface area contributed by atoms with Crippen LogP contribution in [-0.2, 0) is 0 Å². The standard InChI is InChI=1S/C25H17F5O3/c1-2-3-10-32-18-8-6-15(7-9-18)4-5-16-11-21(28)24(22(29)12-16)33-25(31)17-13-19(26)23(30)20(27)14-17/h6-9,11-14H,2-3,10H2,1H3. The molecule has 0 radical (unpaired) electrons. The third kappa shape index (κ3) is 6.10. The van der Waals surface area contributed by atoms with Gasteiger partial charge in [-0.05, 0) is 55.0 Å². The maximum Gasteiger partial charge on any atom is 0.343 e. The van der Waals surface area contributed by atoms with Crippen molar-refractivity contribution in [2.45, 2.75) is 19.8 Å². The summed E-state index contributed by atoms with van der Waals surface area (Å²) in [7, 11) is 0. The van der Waals surface area contributed by atoms with E-state index >= 15 is 0 Å². The first-order chi connectivity index (χ1) is 15.8. The van der Waals surface area contributed by atoms with Gasteiger partial charge in [-0.3, -0.25) is 0 Å². The predicted molar refractivity (Wildman–Crippen MR) is 110 cm³/mol. The van der Waals surface area contributed by atoms with Crippen LogP contribution >= 0.6 is 0 Å². The van der Waals surface area contributed by atoms with E-state index in [1.165, 1.54) is 0 Å². The van der Waals surface area contributed by atoms with Crippen molar-refractivity contribution in [3.05, 3.63) is 94.3 Å². The number of halogens is 5. The van der Waals surface area contributed by atoms with E-state index in [0.717, 1.165) is 25.0 Å². The van der Waals surface area contributed by atoms with E-state index in [4.69, 9.17) is 4.74 Å². The van der Waals surface area contributed by atoms with Crippen molar-refractivity contribution >= 4 is 5.97 Å². The molecular weight excluding hydrogens is 443 g/mol. The summed E-state index contributed by atoms with van der Waals surface area (Å²) in [5.41, 5.74) is -0.211. The van der Waals surface area contributed by atoms with Crippen molar-refractivity contribution in [2.75, 3.05) is 6.61 Å². The fourth-order valence-corrected chi connectivity index (χ4v) is 2.67. The minimum absolute atomic E-state index is 0.0352. The SMILES string of the molecule is CCCCOc1ccc(C#Cc2cc(F)c(OC(=O)c3cc(F)c(F)c(F)c3)c(F)c2)cc1. The Morgan fingerprint density at radius 3 is 1.97 bits per heavy atom. The molecule has 0 aliphatic carbocycles. The van der Waals surface area contributed by atoms with Crippen molar-refractivity contribution in [3.8, 4) is 23.3 Å². The molecule has 0 aromatic heterocycles. The van der Waals surface area contributed by atoms with E-state index in [-0.39, 0.29) is 5.56 Å². The van der Waals surface area contributed by atoms with Crippen molar-refractivity contribution in [1.82, 2.24) is 0 Å². The molecule has 3 aromatic rings. The van der Waals surface area contributed by atoms with Crippen LogP contribution in [0.15, 0.2) is 48.5 Å². The monoisotopic (exact) mass is 460 g/mol. The third-order valence-electron chi connectivity index (χ3n) is 4.38. The molecule has 170 valence electrons. The normalized spacial score (nSPS) is 10.4. The lowest BCUT2D eigenvalue weighted by molar-refractivity contribution is 0.0718. The summed E-state index contributed by atoms with van der Waals surface area (Å²) in [5.74, 6) is -4.11. The molecule has 33 heavy (non-hydrogen) atoms. The van der Waals surface area contributed by atoms with Crippen LogP contribution in [0.1, 0.15) is 41.3 Å². The Morgan fingerprint density at radius 2 is 1.39 bits per heavy atom. The summed E-state index contributed by atoms with van der Waals surface area (Å²) in [4.78, 5) is 12.0. The van der Waals surface area contributed by atoms with E-state index in [1.54, 1.807) is 24.3 Å². The zero-order valence-corrected chi connectivity index (χ0v) is 17.4. The Labute approximate surface area is 186 Å². The van der Waals surface area contributed by atoms with Gasteiger partial charge in [-0.25, -0.2) is 26.7 Å². The van der Waals surface area contributed by atoms with E-state index in [0.29, 0.717) is 30.1 Å². The Morgan fingerprint density at radius 1 is 0.818 bits per heavy atom. The van der Waals surface area contributed by atoms with Crippen LogP contribution in [0.25, 0.3) is 0 Å². The first kappa shape index (κ1) is 23.8. The van der Waals surface area contributed by atoms with E-state index in [2.05, 4.69) is 23.5 Å². The lowest BCUT2D eigenvalue weighted by Crippen LogP contribution is -2.12. The van der Waals surface area contributed by atoms with Crippen LogP contribution in [0.2, 0.25) is 0 Å². The maximum atomic E-state index is 14.3. The van der Waals surface area contributed by atoms with Crippen molar-refractivity contribution in [1.29, 1.82) is 0 Å². The highest BCUT2D eigenvalue weighted by molar-refractivity contribution is 5.91. The minimum atomic E-state index is -1.79. The molecule has 3 nitrogen and oxygen atoms in total. The van der Waals surface area contributed by atoms with Gasteiger partial charge in [0.2, 0.25) is 5.75 Å². The molecule has 3 aromatic carbocycles. The molecular formula is C25H17F5O3. The van der Waals surface area contributed by atoms with Gasteiger partial charge in [-0.2, -0.15) is 0 Å². The predicted octanol–water partition coefficient (Wildman–Crippen LogP) is 6.18. The number of benzene rings is 3. The molecule has 8 heteroatoms. The lowest BCUT2D eigenvalue weighted by Gasteiger charge is -2.08. The summed E-state index contributed by atoms with van der Waals surface area (Å²) in [6.45, 7) is 2.65. The largest absolute Gasteiger partial charge is 0.494 e. The second-order valence-electron chi connectivity index (χ2n) is 6.89. The third-order valence-corrected chi connectivity index (χ3v) is 4.38. The van der Waals surface area contributed by atoms with Gasteiger partial charge in [0.05, 0.1) is 12.2 Å². The average molecular weight is 460 g/mol. The summed E-state index contributed by atoms with van der Waals surface area (Å²) in [5, 5.41) is 0. The van der Waals surface area contributed by atoms with E-state index in [1.807, 2.05) is 0 Å². The number of ether oxygens (including phenoxy) is 2. The summed E-state index contributed by atoms with van der Waals surface area (Å²) < 4.78 is 78.3. The van der Waals surface area contributed by atoms with Crippen molar-refractivity contribution in [3.63, 3.8) is 0 Å². The number of hydrogen-bond donors (Lipinski definition) is 0. The molecule has 0 heterocycles. The molecule has 0 fully saturated rings. The number of carbonyl (C=O) groups excluding carboxylic acids is 1. The van der Waals surface area contributed by atoms with Gasteiger partial charge in [-0.15, -0.1) is 0 Å². The summed E-state index contributed by atoms with van der Waals surface area (Å²) >= 11 is 0. The second kappa shape index (κ2) is 10.6. The molecule has 3 rings (SSSR count). The molecule has 0 spiro atoms. The smallest absolute Gasteiger partial charge is 0.343 e. The average Bonchev–Trinajstić information content (AvgIpc) is 2.79. The van der Waals surface area contributed by atoms with Crippen LogP contribution in [0.4, 0.5) is 22.0 Å². The fourth-order valence-electron chi connectivity index (χ4n) is 2.67. The molecule has 0 amide bonds. The molecule has 0 saturated heterocycles. The number of esters is 1. The van der Waals surface area contributed by atoms with E-state index in [9.17, 15) is 26.7 Å². The first-order valence-electron chi connectivity index (χ1n) is 9.89. The van der Waals surface area contributed by atoms with Crippen LogP contribution < -0.4 is 9.47 Å². The first-order valence-corrected chi connectivity index (χ1v) is 9.89. The van der Waals surface area contributed by atoms with Crippen LogP contribution in [0.3, 0.4) is 0 Å². The molecule has 0 bridgehead atoms. The van der Waals surface area contributed by atoms with Gasteiger partial charge in [0.15, 0.2) is 29.1 Å². The number of rotatable bonds is 6. The van der Waals surface area contributed by atoms with Crippen molar-refractivity contribution in [2.24, 2.45) is 0 Å². The van der Waals surface area contributed by atoms with Crippen LogP contribution in [0, 0.1) is 40.9 Å². The van der Waals surface area contributed by atoms with Gasteiger partial charge in [-0.1, -0.05) is 25.2 Å². The Balaban J connectivity index is 1.74. The highest BCUT2D eigenvalue weighted by Gasteiger charge is 2.20. The molecule has 0 saturated carbocycles. The van der Waals surface area contributed by atoms with Gasteiger partial charge in [0, 0.05) is 11.1 Å². The van der Waals surface area contributed by atoms with Gasteiger partial charge in [0.1, 0.15) is 5.75 Å². The second-order valence-corrected chi connectivity index (χ2v) is 6.89. The van der Waals surface area contributed by atoms with Crippen LogP contribution in [-0.4, -0.2) is 12.6 Å². The lowest BCUT2D eigenvalue weighted by atomic mass is 10.1. The summed E-state index contributed by atoms with van der Waals surface area (Å²) in [6.07, 6.45) is 1.94. The number of carbonyl (C=O) groups is 1. The minimum Gasteiger partial charge on any atom is -0.494 e. The van der Waals surface area contributed by atoms with Gasteiger partial charge >= 0.3 is 5.97 Å². The van der Waals surface area contributed by atoms with E-state index < -0.39 is 46.4 Å². The zero-order valence-electron chi connectivity index (χ0n) is 17.4. The van der Waals surface area contributed by atoms with Gasteiger partial charge in [0.25, 0.3) is 0 Å². The molecule has 0 atom stereocenters. The number of hydrogen-bond acceptors (Lipinski definition) is 3. The fraction of sp³-hybridized carbons (Fsp3) is 0.160. The highest BCUT2D eigenvalue weighted by atomic mass is 19.2. The molecule has 0 aliphatic rings. The van der Waals surface area contributed by atoms with Crippen LogP contribution in [0.5, 0.6) is 11.5 Å². The number of unbranched alkanes of at least 4 members (excludes halogenated alkanes) is 1. The Kier molecular flexibility index (Phi) is 7.67. The summed E-state index contributed by atoms with van der Waals surface area (Å²) in [6, 6.07) is 9.23. The Bertz CT molecular complexity index is 1180. The Hall–Kier alpha value is -3.86. The maximum absolute atomic E-state index is 14.3. The molecule has 0 unspecified atom stereocenters. The quantitative estimate of drug-likeness (QED) is 0.110. The molecule has 0 aliphatic heterocycles. The van der Waals surface area contributed by atoms with Crippen molar-refractivity contribution < 1.29 is 36.2 Å². The zero-order chi connectivity index (χ0) is 24.0. The highest BCUT2D eigenvalue weighted by Crippen LogP contribution is 2.25. The van der Waals surface area contributed by atoms with Gasteiger partial charge < -0.3 is 9.47 Å². The molecule has 0 N–H and O–H groups in total.